The predicted molar refractivity (Wildman–Crippen MR) is 89.0 cm³/mol. The maximum atomic E-state index is 11.7. The van der Waals surface area contributed by atoms with E-state index in [0.29, 0.717) is 12.8 Å². The lowest BCUT2D eigenvalue weighted by Gasteiger charge is -2.14. The molecule has 5 heteroatoms. The van der Waals surface area contributed by atoms with Crippen molar-refractivity contribution >= 4 is 12.1 Å². The number of carbonyl (C=O) groups is 2. The molecule has 0 fully saturated rings. The van der Waals surface area contributed by atoms with Gasteiger partial charge < -0.3 is 15.2 Å². The lowest BCUT2D eigenvalue weighted by Crippen LogP contribution is -2.40. The fraction of sp³-hybridized carbons (Fsp3) is 0.444. The SMILES string of the molecule is CC(C)(C)/C=C/CC[C@H](NC(=O)OCc1ccccc1)C(=O)O. The number of amides is 1. The number of aliphatic carboxylic acids is 1. The Hall–Kier alpha value is -2.30. The molecular weight excluding hydrogens is 294 g/mol. The van der Waals surface area contributed by atoms with Gasteiger partial charge in [-0.25, -0.2) is 9.59 Å². The van der Waals surface area contributed by atoms with Crippen LogP contribution in [-0.2, 0) is 16.1 Å². The number of ether oxygens (including phenoxy) is 1. The monoisotopic (exact) mass is 319 g/mol. The van der Waals surface area contributed by atoms with Crippen molar-refractivity contribution in [2.45, 2.75) is 46.3 Å². The first-order valence-corrected chi connectivity index (χ1v) is 7.65. The summed E-state index contributed by atoms with van der Waals surface area (Å²) in [4.78, 5) is 22.9. The van der Waals surface area contributed by atoms with Crippen LogP contribution in [0, 0.1) is 5.41 Å². The second kappa shape index (κ2) is 8.98. The molecule has 0 heterocycles. The fourth-order valence-corrected chi connectivity index (χ4v) is 1.86. The summed E-state index contributed by atoms with van der Waals surface area (Å²) >= 11 is 0. The zero-order valence-electron chi connectivity index (χ0n) is 13.9. The molecular formula is C18H25NO4. The Morgan fingerprint density at radius 3 is 2.48 bits per heavy atom. The zero-order chi connectivity index (χ0) is 17.3. The van der Waals surface area contributed by atoms with Gasteiger partial charge in [-0.15, -0.1) is 0 Å². The molecule has 0 spiro atoms. The van der Waals surface area contributed by atoms with Crippen LogP contribution in [0.4, 0.5) is 4.79 Å². The molecule has 2 N–H and O–H groups in total. The molecule has 1 aromatic rings. The van der Waals surface area contributed by atoms with E-state index in [0.717, 1.165) is 5.56 Å². The quantitative estimate of drug-likeness (QED) is 0.751. The Morgan fingerprint density at radius 1 is 1.26 bits per heavy atom. The topological polar surface area (TPSA) is 75.6 Å². The highest BCUT2D eigenvalue weighted by Gasteiger charge is 2.19. The lowest BCUT2D eigenvalue weighted by atomic mass is 9.95. The van der Waals surface area contributed by atoms with E-state index in [1.54, 1.807) is 0 Å². The molecule has 1 amide bonds. The molecule has 0 aromatic heterocycles. The van der Waals surface area contributed by atoms with Gasteiger partial charge in [-0.1, -0.05) is 63.3 Å². The van der Waals surface area contributed by atoms with Gasteiger partial charge in [0.05, 0.1) is 0 Å². The van der Waals surface area contributed by atoms with Gasteiger partial charge in [0.1, 0.15) is 12.6 Å². The van der Waals surface area contributed by atoms with Crippen LogP contribution in [0.25, 0.3) is 0 Å². The largest absolute Gasteiger partial charge is 0.480 e. The summed E-state index contributed by atoms with van der Waals surface area (Å²) in [5.74, 6) is -1.06. The van der Waals surface area contributed by atoms with Gasteiger partial charge in [0.25, 0.3) is 0 Å². The van der Waals surface area contributed by atoms with E-state index in [2.05, 4.69) is 26.1 Å². The maximum absolute atomic E-state index is 11.7. The molecule has 0 aliphatic rings. The van der Waals surface area contributed by atoms with Gasteiger partial charge in [0, 0.05) is 0 Å². The molecule has 126 valence electrons. The van der Waals surface area contributed by atoms with E-state index in [-0.39, 0.29) is 12.0 Å². The number of carboxylic acids is 1. The van der Waals surface area contributed by atoms with E-state index in [1.807, 2.05) is 42.5 Å². The van der Waals surface area contributed by atoms with E-state index in [9.17, 15) is 14.7 Å². The molecule has 0 saturated carbocycles. The Bertz CT molecular complexity index is 532. The van der Waals surface area contributed by atoms with E-state index in [1.165, 1.54) is 0 Å². The molecule has 1 rings (SSSR count). The highest BCUT2D eigenvalue weighted by molar-refractivity contribution is 5.79. The standard InChI is InChI=1S/C18H25NO4/c1-18(2,3)12-8-7-11-15(16(20)21)19-17(22)23-13-14-9-5-4-6-10-14/h4-6,8-10,12,15H,7,11,13H2,1-3H3,(H,19,22)(H,20,21)/b12-8+/t15-/m0/s1. The summed E-state index contributed by atoms with van der Waals surface area (Å²) in [5, 5.41) is 11.6. The second-order valence-electron chi connectivity index (χ2n) is 6.44. The zero-order valence-corrected chi connectivity index (χ0v) is 13.9. The van der Waals surface area contributed by atoms with E-state index < -0.39 is 18.1 Å². The second-order valence-corrected chi connectivity index (χ2v) is 6.44. The van der Waals surface area contributed by atoms with Gasteiger partial charge in [-0.2, -0.15) is 0 Å². The van der Waals surface area contributed by atoms with Gasteiger partial charge in [0.2, 0.25) is 0 Å². The third-order valence-electron chi connectivity index (χ3n) is 3.04. The minimum absolute atomic E-state index is 0.0563. The molecule has 0 radical (unpaired) electrons. The van der Waals surface area contributed by atoms with Crippen LogP contribution in [0.5, 0.6) is 0 Å². The highest BCUT2D eigenvalue weighted by atomic mass is 16.5. The molecule has 0 saturated heterocycles. The van der Waals surface area contributed by atoms with Crippen LogP contribution < -0.4 is 5.32 Å². The van der Waals surface area contributed by atoms with Crippen LogP contribution in [-0.4, -0.2) is 23.2 Å². The number of carbonyl (C=O) groups excluding carboxylic acids is 1. The van der Waals surface area contributed by atoms with Crippen molar-refractivity contribution in [3.05, 3.63) is 48.0 Å². The van der Waals surface area contributed by atoms with E-state index in [4.69, 9.17) is 4.74 Å². The van der Waals surface area contributed by atoms with Crippen molar-refractivity contribution in [2.75, 3.05) is 0 Å². The third-order valence-corrected chi connectivity index (χ3v) is 3.04. The summed E-state index contributed by atoms with van der Waals surface area (Å²) in [7, 11) is 0. The third kappa shape index (κ3) is 8.66. The van der Waals surface area contributed by atoms with Gasteiger partial charge in [-0.3, -0.25) is 0 Å². The van der Waals surface area contributed by atoms with Crippen molar-refractivity contribution in [3.63, 3.8) is 0 Å². The summed E-state index contributed by atoms with van der Waals surface area (Å²) in [6, 6.07) is 8.27. The predicted octanol–water partition coefficient (Wildman–Crippen LogP) is 3.75. The number of allylic oxidation sites excluding steroid dienone is 2. The Labute approximate surface area is 137 Å². The summed E-state index contributed by atoms with van der Waals surface area (Å²) < 4.78 is 5.04. The smallest absolute Gasteiger partial charge is 0.408 e. The molecule has 0 bridgehead atoms. The van der Waals surface area contributed by atoms with Gasteiger partial charge >= 0.3 is 12.1 Å². The normalized spacial score (nSPS) is 12.8. The number of hydrogen-bond donors (Lipinski definition) is 2. The fourth-order valence-electron chi connectivity index (χ4n) is 1.86. The summed E-state index contributed by atoms with van der Waals surface area (Å²) in [6.45, 7) is 6.31. The minimum atomic E-state index is -1.06. The van der Waals surface area contributed by atoms with Gasteiger partial charge in [0.15, 0.2) is 0 Å². The van der Waals surface area contributed by atoms with Crippen molar-refractivity contribution in [1.82, 2.24) is 5.32 Å². The number of nitrogens with one attached hydrogen (secondary N) is 1. The molecule has 0 unspecified atom stereocenters. The first-order valence-electron chi connectivity index (χ1n) is 7.65. The number of benzene rings is 1. The van der Waals surface area contributed by atoms with Crippen LogP contribution in [0.2, 0.25) is 0 Å². The summed E-state index contributed by atoms with van der Waals surface area (Å²) in [6.07, 6.45) is 4.14. The molecule has 23 heavy (non-hydrogen) atoms. The average Bonchev–Trinajstić information content (AvgIpc) is 2.48. The first-order chi connectivity index (χ1) is 10.8. The van der Waals surface area contributed by atoms with Crippen LogP contribution in [0.1, 0.15) is 39.2 Å². The van der Waals surface area contributed by atoms with Crippen molar-refractivity contribution in [2.24, 2.45) is 5.41 Å². The van der Waals surface area contributed by atoms with Crippen molar-refractivity contribution < 1.29 is 19.4 Å². The number of hydrogen-bond acceptors (Lipinski definition) is 3. The number of rotatable bonds is 7. The molecule has 0 aliphatic heterocycles. The Kier molecular flexibility index (Phi) is 7.32. The molecule has 1 aromatic carbocycles. The average molecular weight is 319 g/mol. The van der Waals surface area contributed by atoms with Crippen LogP contribution in [0.3, 0.4) is 0 Å². The van der Waals surface area contributed by atoms with E-state index >= 15 is 0 Å². The molecule has 0 aliphatic carbocycles. The maximum Gasteiger partial charge on any atom is 0.408 e. The Balaban J connectivity index is 2.41. The number of alkyl carbamates (subject to hydrolysis) is 1. The highest BCUT2D eigenvalue weighted by Crippen LogP contribution is 2.15. The Morgan fingerprint density at radius 2 is 1.91 bits per heavy atom. The lowest BCUT2D eigenvalue weighted by molar-refractivity contribution is -0.139. The van der Waals surface area contributed by atoms with Gasteiger partial charge in [-0.05, 0) is 23.8 Å². The van der Waals surface area contributed by atoms with Crippen LogP contribution >= 0.6 is 0 Å². The molecule has 1 atom stereocenters. The minimum Gasteiger partial charge on any atom is -0.480 e. The van der Waals surface area contributed by atoms with Crippen LogP contribution in [0.15, 0.2) is 42.5 Å². The number of carboxylic acid groups (broad SMARTS) is 1. The van der Waals surface area contributed by atoms with Crippen molar-refractivity contribution in [3.8, 4) is 0 Å². The van der Waals surface area contributed by atoms with Crippen molar-refractivity contribution in [1.29, 1.82) is 0 Å². The summed E-state index contributed by atoms with van der Waals surface area (Å²) in [5.41, 5.74) is 0.906. The molecule has 5 nitrogen and oxygen atoms in total. The first kappa shape index (κ1) is 18.7.